The second-order valence-electron chi connectivity index (χ2n) is 7.81. The molecule has 5 nitrogen and oxygen atoms in total. The van der Waals surface area contributed by atoms with Crippen LogP contribution in [0.4, 0.5) is 11.4 Å². The Hall–Kier alpha value is -3.86. The van der Waals surface area contributed by atoms with Crippen LogP contribution in [0.5, 0.6) is 0 Å². The Morgan fingerprint density at radius 2 is 1.41 bits per heavy atom. The molecule has 162 valence electrons. The molecule has 0 atom stereocenters. The molecule has 3 aromatic rings. The molecule has 2 amide bonds. The fourth-order valence-corrected chi connectivity index (χ4v) is 3.76. The first-order valence-corrected chi connectivity index (χ1v) is 10.9. The number of anilines is 2. The van der Waals surface area contributed by atoms with Gasteiger partial charge >= 0.3 is 0 Å². The number of nitrogens with zero attached hydrogens (tertiary/aromatic N) is 2. The predicted molar refractivity (Wildman–Crippen MR) is 129 cm³/mol. The van der Waals surface area contributed by atoms with E-state index < -0.39 is 0 Å². The number of hydrogen-bond acceptors (Lipinski definition) is 3. The molecule has 0 radical (unpaired) electrons. The Morgan fingerprint density at radius 1 is 0.781 bits per heavy atom. The molecule has 1 aliphatic heterocycles. The minimum absolute atomic E-state index is 0.0281. The summed E-state index contributed by atoms with van der Waals surface area (Å²) >= 11 is 0. The molecule has 1 fully saturated rings. The van der Waals surface area contributed by atoms with Crippen molar-refractivity contribution in [3.05, 3.63) is 102 Å². The zero-order valence-electron chi connectivity index (χ0n) is 18.0. The van der Waals surface area contributed by atoms with Crippen LogP contribution in [0.25, 0.3) is 6.08 Å². The van der Waals surface area contributed by atoms with Crippen molar-refractivity contribution in [2.24, 2.45) is 0 Å². The summed E-state index contributed by atoms with van der Waals surface area (Å²) in [7, 11) is 0. The van der Waals surface area contributed by atoms with Crippen molar-refractivity contribution in [1.82, 2.24) is 4.90 Å². The van der Waals surface area contributed by atoms with Crippen LogP contribution >= 0.6 is 0 Å². The fourth-order valence-electron chi connectivity index (χ4n) is 3.76. The van der Waals surface area contributed by atoms with Gasteiger partial charge in [-0.25, -0.2) is 0 Å². The highest BCUT2D eigenvalue weighted by molar-refractivity contribution is 5.93. The van der Waals surface area contributed by atoms with Crippen molar-refractivity contribution < 1.29 is 9.59 Å². The maximum absolute atomic E-state index is 12.5. The fraction of sp³-hybridized carbons (Fsp3) is 0.185. The van der Waals surface area contributed by atoms with E-state index in [1.807, 2.05) is 95.9 Å². The number of carbonyl (C=O) groups excluding carboxylic acids is 2. The lowest BCUT2D eigenvalue weighted by atomic mass is 10.1. The molecular weight excluding hydrogens is 398 g/mol. The number of amides is 2. The van der Waals surface area contributed by atoms with Gasteiger partial charge in [-0.3, -0.25) is 9.59 Å². The molecule has 3 aromatic carbocycles. The highest BCUT2D eigenvalue weighted by Crippen LogP contribution is 2.20. The van der Waals surface area contributed by atoms with Crippen LogP contribution in [-0.2, 0) is 16.0 Å². The van der Waals surface area contributed by atoms with Crippen LogP contribution in [-0.4, -0.2) is 42.9 Å². The molecule has 0 aromatic heterocycles. The summed E-state index contributed by atoms with van der Waals surface area (Å²) in [5, 5.41) is 2.95. The standard InChI is InChI=1S/C27H27N3O2/c31-26(21-23-9-5-2-6-10-23)28-24-12-14-25(15-13-24)29-17-19-30(20-18-29)27(32)16-11-22-7-3-1-4-8-22/h1-16H,17-21H2,(H,28,31)/b16-11-. The third kappa shape index (κ3) is 5.85. The van der Waals surface area contributed by atoms with Gasteiger partial charge in [0, 0.05) is 43.6 Å². The second-order valence-corrected chi connectivity index (χ2v) is 7.81. The lowest BCUT2D eigenvalue weighted by Gasteiger charge is -2.35. The average molecular weight is 426 g/mol. The molecule has 1 aliphatic rings. The average Bonchev–Trinajstić information content (AvgIpc) is 2.84. The third-order valence-corrected chi connectivity index (χ3v) is 5.53. The van der Waals surface area contributed by atoms with E-state index in [0.717, 1.165) is 35.6 Å². The molecule has 1 saturated heterocycles. The van der Waals surface area contributed by atoms with Gasteiger partial charge in [0.25, 0.3) is 0 Å². The molecular formula is C27H27N3O2. The van der Waals surface area contributed by atoms with Gasteiger partial charge in [0.05, 0.1) is 6.42 Å². The summed E-state index contributed by atoms with van der Waals surface area (Å²) in [4.78, 5) is 28.9. The van der Waals surface area contributed by atoms with Crippen LogP contribution in [0.3, 0.4) is 0 Å². The second kappa shape index (κ2) is 10.4. The Bertz CT molecular complexity index is 1060. The van der Waals surface area contributed by atoms with Gasteiger partial charge in [0.1, 0.15) is 0 Å². The molecule has 0 saturated carbocycles. The van der Waals surface area contributed by atoms with Crippen LogP contribution in [0.15, 0.2) is 91.0 Å². The summed E-state index contributed by atoms with van der Waals surface area (Å²) in [6, 6.07) is 27.5. The largest absolute Gasteiger partial charge is 0.368 e. The smallest absolute Gasteiger partial charge is 0.246 e. The van der Waals surface area contributed by atoms with E-state index in [1.165, 1.54) is 0 Å². The summed E-state index contributed by atoms with van der Waals surface area (Å²) in [6.45, 7) is 2.94. The number of piperazine rings is 1. The molecule has 1 N–H and O–H groups in total. The summed E-state index contributed by atoms with van der Waals surface area (Å²) in [5.41, 5.74) is 3.90. The Balaban J connectivity index is 1.26. The van der Waals surface area contributed by atoms with Crippen molar-refractivity contribution in [1.29, 1.82) is 0 Å². The number of hydrogen-bond donors (Lipinski definition) is 1. The maximum atomic E-state index is 12.5. The first-order chi connectivity index (χ1) is 15.7. The molecule has 0 aliphatic carbocycles. The number of rotatable bonds is 6. The van der Waals surface area contributed by atoms with E-state index in [9.17, 15) is 9.59 Å². The quantitative estimate of drug-likeness (QED) is 0.602. The van der Waals surface area contributed by atoms with Crippen LogP contribution in [0.2, 0.25) is 0 Å². The van der Waals surface area contributed by atoms with E-state index in [-0.39, 0.29) is 11.8 Å². The van der Waals surface area contributed by atoms with E-state index in [1.54, 1.807) is 6.08 Å². The molecule has 32 heavy (non-hydrogen) atoms. The summed E-state index contributed by atoms with van der Waals surface area (Å²) in [5.74, 6) is 0.0182. The van der Waals surface area contributed by atoms with Crippen LogP contribution in [0, 0.1) is 0 Å². The highest BCUT2D eigenvalue weighted by atomic mass is 16.2. The van der Waals surface area contributed by atoms with E-state index in [2.05, 4.69) is 10.2 Å². The van der Waals surface area contributed by atoms with Gasteiger partial charge in [-0.1, -0.05) is 60.7 Å². The molecule has 5 heteroatoms. The zero-order valence-corrected chi connectivity index (χ0v) is 18.0. The van der Waals surface area contributed by atoms with Crippen molar-refractivity contribution in [2.45, 2.75) is 6.42 Å². The summed E-state index contributed by atoms with van der Waals surface area (Å²) < 4.78 is 0. The zero-order chi connectivity index (χ0) is 22.2. The monoisotopic (exact) mass is 425 g/mol. The van der Waals surface area contributed by atoms with Crippen molar-refractivity contribution >= 4 is 29.3 Å². The Morgan fingerprint density at radius 3 is 2.06 bits per heavy atom. The van der Waals surface area contributed by atoms with Crippen LogP contribution < -0.4 is 10.2 Å². The van der Waals surface area contributed by atoms with Gasteiger partial charge in [-0.15, -0.1) is 0 Å². The van der Waals surface area contributed by atoms with Crippen LogP contribution in [0.1, 0.15) is 11.1 Å². The van der Waals surface area contributed by atoms with Gasteiger partial charge in [0.2, 0.25) is 11.8 Å². The molecule has 1 heterocycles. The minimum Gasteiger partial charge on any atom is -0.368 e. The van der Waals surface area contributed by atoms with Crippen molar-refractivity contribution in [3.8, 4) is 0 Å². The van der Waals surface area contributed by atoms with Crippen molar-refractivity contribution in [3.63, 3.8) is 0 Å². The molecule has 0 bridgehead atoms. The van der Waals surface area contributed by atoms with Crippen molar-refractivity contribution in [2.75, 3.05) is 36.4 Å². The van der Waals surface area contributed by atoms with Gasteiger partial charge in [0.15, 0.2) is 0 Å². The normalized spacial score (nSPS) is 13.9. The summed E-state index contributed by atoms with van der Waals surface area (Å²) in [6.07, 6.45) is 3.87. The first-order valence-electron chi connectivity index (χ1n) is 10.9. The lowest BCUT2D eigenvalue weighted by Crippen LogP contribution is -2.48. The first kappa shape index (κ1) is 21.4. The van der Waals surface area contributed by atoms with E-state index in [0.29, 0.717) is 19.5 Å². The van der Waals surface area contributed by atoms with E-state index >= 15 is 0 Å². The van der Waals surface area contributed by atoms with Gasteiger partial charge in [-0.05, 0) is 41.5 Å². The lowest BCUT2D eigenvalue weighted by molar-refractivity contribution is -0.126. The van der Waals surface area contributed by atoms with E-state index in [4.69, 9.17) is 0 Å². The molecule has 0 unspecified atom stereocenters. The molecule has 0 spiro atoms. The number of nitrogens with one attached hydrogen (secondary N) is 1. The number of carbonyl (C=O) groups is 2. The SMILES string of the molecule is O=C(Cc1ccccc1)Nc1ccc(N2CCN(C(=O)/C=C\c3ccccc3)CC2)cc1. The number of benzene rings is 3. The highest BCUT2D eigenvalue weighted by Gasteiger charge is 2.19. The van der Waals surface area contributed by atoms with Gasteiger partial charge < -0.3 is 15.1 Å². The third-order valence-electron chi connectivity index (χ3n) is 5.53. The topological polar surface area (TPSA) is 52.7 Å². The Labute approximate surface area is 189 Å². The Kier molecular flexibility index (Phi) is 6.98. The maximum Gasteiger partial charge on any atom is 0.246 e. The van der Waals surface area contributed by atoms with Gasteiger partial charge in [-0.2, -0.15) is 0 Å². The molecule has 4 rings (SSSR count). The minimum atomic E-state index is -0.0281. The predicted octanol–water partition coefficient (Wildman–Crippen LogP) is 4.23.